The van der Waals surface area contributed by atoms with Crippen molar-refractivity contribution in [3.8, 4) is 5.75 Å². The summed E-state index contributed by atoms with van der Waals surface area (Å²) in [7, 11) is 4.66. The van der Waals surface area contributed by atoms with E-state index < -0.39 is 0 Å². The van der Waals surface area contributed by atoms with Gasteiger partial charge < -0.3 is 14.2 Å². The lowest BCUT2D eigenvalue weighted by Crippen LogP contribution is -2.68. The molecule has 0 N–H and O–H groups in total. The van der Waals surface area contributed by atoms with Crippen molar-refractivity contribution in [1.82, 2.24) is 9.47 Å². The third-order valence-corrected chi connectivity index (χ3v) is 11.1. The van der Waals surface area contributed by atoms with Crippen molar-refractivity contribution in [2.45, 2.75) is 50.7 Å². The highest BCUT2D eigenvalue weighted by Gasteiger charge is 2.70. The smallest absolute Gasteiger partial charge is 0.149 e. The third kappa shape index (κ3) is 2.08. The summed E-state index contributed by atoms with van der Waals surface area (Å²) in [6, 6.07) is 23.3. The van der Waals surface area contributed by atoms with E-state index in [1.807, 2.05) is 0 Å². The van der Waals surface area contributed by atoms with Crippen LogP contribution in [0, 0.1) is 12.3 Å². The van der Waals surface area contributed by atoms with E-state index >= 15 is 0 Å². The number of aromatic nitrogens is 1. The molecule has 4 aromatic carbocycles. The van der Waals surface area contributed by atoms with Crippen molar-refractivity contribution in [1.29, 1.82) is 0 Å². The van der Waals surface area contributed by atoms with Gasteiger partial charge in [-0.15, -0.1) is 0 Å². The Morgan fingerprint density at radius 3 is 2.38 bits per heavy atom. The third-order valence-electron chi connectivity index (χ3n) is 11.1. The molecule has 4 atom stereocenters. The SMILES string of the molecule is Cc1ccc2c3c1O[C@H]1c4c(c5c6ccccc6c6ccccc6c5n4C)C[C@@]4(C)[C@@H](C2)N(C)CC[C@]314. The molecule has 1 fully saturated rings. The number of likely N-dealkylation sites (N-methyl/N-ethyl adjacent to an activating group) is 1. The van der Waals surface area contributed by atoms with Gasteiger partial charge in [0.15, 0.2) is 0 Å². The average Bonchev–Trinajstić information content (AvgIpc) is 3.40. The van der Waals surface area contributed by atoms with Gasteiger partial charge in [-0.1, -0.05) is 67.6 Å². The number of aryl methyl sites for hydroxylation is 2. The highest BCUT2D eigenvalue weighted by atomic mass is 16.5. The standard InChI is InChI=1S/C34H32N2O/c1-19-13-14-20-17-26-33(2)18-25-27-23-11-7-5-9-21(23)22-10-6-8-12-24(22)29(27)36(4)30(25)32-34(33,15-16-35(26)3)28(20)31(19)37-32/h5-14,26,32H,15-18H2,1-4H3/t26-,32+,33+,34+/m1/s1. The number of fused-ring (bicyclic) bond motifs is 9. The normalized spacial score (nSPS) is 29.5. The second-order valence-electron chi connectivity index (χ2n) is 12.5. The Labute approximate surface area is 217 Å². The molecule has 0 saturated carbocycles. The zero-order valence-electron chi connectivity index (χ0n) is 22.1. The lowest BCUT2D eigenvalue weighted by atomic mass is 9.44. The molecule has 0 amide bonds. The van der Waals surface area contributed by atoms with E-state index in [9.17, 15) is 0 Å². The zero-order valence-corrected chi connectivity index (χ0v) is 22.1. The minimum Gasteiger partial charge on any atom is -0.483 e. The zero-order chi connectivity index (χ0) is 24.8. The molecule has 2 aliphatic heterocycles. The fourth-order valence-corrected chi connectivity index (χ4v) is 9.57. The highest BCUT2D eigenvalue weighted by Crippen LogP contribution is 2.71. The Hall–Kier alpha value is -3.30. The lowest BCUT2D eigenvalue weighted by molar-refractivity contribution is -0.0912. The van der Waals surface area contributed by atoms with Gasteiger partial charge in [-0.2, -0.15) is 0 Å². The molecule has 3 nitrogen and oxygen atoms in total. The van der Waals surface area contributed by atoms with Crippen molar-refractivity contribution in [3.05, 3.63) is 88.6 Å². The summed E-state index contributed by atoms with van der Waals surface area (Å²) in [5, 5.41) is 6.89. The number of ether oxygens (including phenoxy) is 1. The number of rotatable bonds is 0. The van der Waals surface area contributed by atoms with E-state index in [-0.39, 0.29) is 16.9 Å². The largest absolute Gasteiger partial charge is 0.483 e. The molecule has 9 rings (SSSR count). The van der Waals surface area contributed by atoms with Crippen molar-refractivity contribution < 1.29 is 4.74 Å². The topological polar surface area (TPSA) is 17.4 Å². The fraction of sp³-hybridized carbons (Fsp3) is 0.353. The van der Waals surface area contributed by atoms with Crippen molar-refractivity contribution in [2.24, 2.45) is 12.5 Å². The number of hydrogen-bond donors (Lipinski definition) is 0. The molecule has 1 saturated heterocycles. The molecule has 4 aliphatic rings. The maximum absolute atomic E-state index is 7.23. The Kier molecular flexibility index (Phi) is 3.58. The number of benzene rings is 4. The predicted octanol–water partition coefficient (Wildman–Crippen LogP) is 6.99. The van der Waals surface area contributed by atoms with E-state index in [0.29, 0.717) is 6.04 Å². The second-order valence-corrected chi connectivity index (χ2v) is 12.5. The van der Waals surface area contributed by atoms with Crippen LogP contribution in [0.1, 0.15) is 47.4 Å². The van der Waals surface area contributed by atoms with Crippen LogP contribution in [-0.2, 0) is 25.3 Å². The fourth-order valence-electron chi connectivity index (χ4n) is 9.57. The van der Waals surface area contributed by atoms with Gasteiger partial charge in [0.2, 0.25) is 0 Å². The maximum atomic E-state index is 7.23. The molecule has 1 aromatic heterocycles. The Balaban J connectivity index is 1.48. The maximum Gasteiger partial charge on any atom is 0.149 e. The van der Waals surface area contributed by atoms with E-state index in [1.165, 1.54) is 60.6 Å². The summed E-state index contributed by atoms with van der Waals surface area (Å²) in [5.74, 6) is 1.18. The van der Waals surface area contributed by atoms with Crippen molar-refractivity contribution >= 4 is 32.4 Å². The summed E-state index contributed by atoms with van der Waals surface area (Å²) in [6.45, 7) is 5.98. The molecule has 0 unspecified atom stereocenters. The summed E-state index contributed by atoms with van der Waals surface area (Å²) in [4.78, 5) is 2.66. The van der Waals surface area contributed by atoms with Crippen LogP contribution in [0.3, 0.4) is 0 Å². The molecular weight excluding hydrogens is 452 g/mol. The molecule has 37 heavy (non-hydrogen) atoms. The quantitative estimate of drug-likeness (QED) is 0.221. The van der Waals surface area contributed by atoms with Gasteiger partial charge in [-0.3, -0.25) is 0 Å². The number of nitrogens with zero attached hydrogens (tertiary/aromatic N) is 2. The van der Waals surface area contributed by atoms with Gasteiger partial charge in [-0.25, -0.2) is 0 Å². The monoisotopic (exact) mass is 484 g/mol. The van der Waals surface area contributed by atoms with Gasteiger partial charge in [0, 0.05) is 34.8 Å². The van der Waals surface area contributed by atoms with Crippen molar-refractivity contribution in [2.75, 3.05) is 13.6 Å². The van der Waals surface area contributed by atoms with Crippen LogP contribution in [0.2, 0.25) is 0 Å². The van der Waals surface area contributed by atoms with Crippen LogP contribution in [0.25, 0.3) is 32.4 Å². The van der Waals surface area contributed by atoms with Crippen LogP contribution in [0.15, 0.2) is 60.7 Å². The summed E-state index contributed by atoms with van der Waals surface area (Å²) in [6.07, 6.45) is 3.44. The first kappa shape index (κ1) is 20.7. The second kappa shape index (κ2) is 6.39. The Morgan fingerprint density at radius 1 is 0.892 bits per heavy atom. The first-order valence-electron chi connectivity index (χ1n) is 13.9. The summed E-state index contributed by atoms with van der Waals surface area (Å²) in [5.41, 5.74) is 8.82. The first-order chi connectivity index (χ1) is 18.0. The van der Waals surface area contributed by atoms with Crippen LogP contribution in [0.4, 0.5) is 0 Å². The molecule has 184 valence electrons. The van der Waals surface area contributed by atoms with E-state index in [2.05, 4.69) is 98.1 Å². The Bertz CT molecular complexity index is 1850. The minimum atomic E-state index is 0.0276. The average molecular weight is 485 g/mol. The minimum absolute atomic E-state index is 0.0276. The van der Waals surface area contributed by atoms with Crippen LogP contribution in [0.5, 0.6) is 5.75 Å². The van der Waals surface area contributed by atoms with E-state index in [1.54, 1.807) is 5.56 Å². The van der Waals surface area contributed by atoms with Crippen molar-refractivity contribution in [3.63, 3.8) is 0 Å². The molecule has 3 heteroatoms. The number of likely N-dealkylation sites (tertiary alicyclic amines) is 1. The lowest BCUT2D eigenvalue weighted by Gasteiger charge is -2.64. The molecule has 2 bridgehead atoms. The van der Waals surface area contributed by atoms with Gasteiger partial charge in [0.05, 0.1) is 16.6 Å². The van der Waals surface area contributed by atoms with Gasteiger partial charge in [0.25, 0.3) is 0 Å². The van der Waals surface area contributed by atoms with E-state index in [4.69, 9.17) is 4.74 Å². The van der Waals surface area contributed by atoms with Gasteiger partial charge in [-0.05, 0) is 72.6 Å². The van der Waals surface area contributed by atoms with Gasteiger partial charge in [0.1, 0.15) is 11.9 Å². The summed E-state index contributed by atoms with van der Waals surface area (Å²) >= 11 is 0. The predicted molar refractivity (Wildman–Crippen MR) is 151 cm³/mol. The molecule has 0 radical (unpaired) electrons. The number of hydrogen-bond acceptors (Lipinski definition) is 2. The summed E-state index contributed by atoms with van der Waals surface area (Å²) < 4.78 is 9.76. The van der Waals surface area contributed by atoms with E-state index in [0.717, 1.165) is 25.8 Å². The molecule has 3 heterocycles. The first-order valence-corrected chi connectivity index (χ1v) is 13.9. The molecule has 5 aromatic rings. The molecule has 1 spiro atoms. The Morgan fingerprint density at radius 2 is 1.59 bits per heavy atom. The highest BCUT2D eigenvalue weighted by molar-refractivity contribution is 6.25. The van der Waals surface area contributed by atoms with Crippen LogP contribution in [-0.4, -0.2) is 29.1 Å². The van der Waals surface area contributed by atoms with Crippen LogP contribution >= 0.6 is 0 Å². The molecule has 2 aliphatic carbocycles. The number of piperidine rings is 1. The van der Waals surface area contributed by atoms with Gasteiger partial charge >= 0.3 is 0 Å². The molecular formula is C34H32N2O. The van der Waals surface area contributed by atoms with Crippen LogP contribution < -0.4 is 4.74 Å².